The van der Waals surface area contributed by atoms with E-state index in [0.717, 1.165) is 49.9 Å². The van der Waals surface area contributed by atoms with Crippen molar-refractivity contribution in [3.63, 3.8) is 0 Å². The van der Waals surface area contributed by atoms with Gasteiger partial charge in [0.15, 0.2) is 0 Å². The lowest BCUT2D eigenvalue weighted by molar-refractivity contribution is 0.0522. The predicted octanol–water partition coefficient (Wildman–Crippen LogP) is 2.66. The molecule has 1 N–H and O–H groups in total. The fraction of sp³-hybridized carbons (Fsp3) is 0.438. The van der Waals surface area contributed by atoms with Crippen LogP contribution >= 0.6 is 22.6 Å². The smallest absolute Gasteiger partial charge is 0.218 e. The number of rotatable bonds is 3. The third kappa shape index (κ3) is 3.73. The maximum absolute atomic E-state index is 5.62. The Morgan fingerprint density at radius 2 is 2.18 bits per heavy atom. The molecule has 2 aliphatic heterocycles. The van der Waals surface area contributed by atoms with E-state index in [2.05, 4.69) is 63.2 Å². The van der Waals surface area contributed by atoms with Crippen LogP contribution in [0.4, 0.5) is 0 Å². The Morgan fingerprint density at radius 1 is 1.36 bits per heavy atom. The summed E-state index contributed by atoms with van der Waals surface area (Å²) in [5.41, 5.74) is 5.56. The summed E-state index contributed by atoms with van der Waals surface area (Å²) in [6.07, 6.45) is 3.17. The minimum atomic E-state index is 0.210. The number of alkyl halides is 1. The van der Waals surface area contributed by atoms with Gasteiger partial charge in [-0.05, 0) is 29.0 Å². The molecule has 1 atom stereocenters. The van der Waals surface area contributed by atoms with Gasteiger partial charge in [-0.15, -0.1) is 0 Å². The number of halogens is 1. The third-order valence-electron chi connectivity index (χ3n) is 3.61. The first-order valence-corrected chi connectivity index (χ1v) is 8.90. The fourth-order valence-corrected chi connectivity index (χ4v) is 3.26. The van der Waals surface area contributed by atoms with Crippen LogP contribution in [-0.4, -0.2) is 46.2 Å². The number of ether oxygens (including phenoxy) is 1. The van der Waals surface area contributed by atoms with Gasteiger partial charge in [-0.2, -0.15) is 0 Å². The first kappa shape index (κ1) is 15.6. The average Bonchev–Trinajstić information content (AvgIpc) is 2.56. The van der Waals surface area contributed by atoms with Crippen molar-refractivity contribution in [3.05, 3.63) is 42.1 Å². The lowest BCUT2D eigenvalue weighted by Gasteiger charge is -2.37. The molecule has 0 radical (unpaired) electrons. The molecular formula is C16H21IN4O. The van der Waals surface area contributed by atoms with Crippen LogP contribution in [-0.2, 0) is 4.74 Å². The lowest BCUT2D eigenvalue weighted by atomic mass is 10.1. The van der Waals surface area contributed by atoms with E-state index in [-0.39, 0.29) is 4.11 Å². The van der Waals surface area contributed by atoms with Gasteiger partial charge in [-0.3, -0.25) is 10.4 Å². The number of guanidine groups is 1. The molecule has 1 aromatic rings. The Kier molecular flexibility index (Phi) is 5.20. The van der Waals surface area contributed by atoms with Crippen LogP contribution < -0.4 is 5.43 Å². The van der Waals surface area contributed by atoms with Crippen molar-refractivity contribution in [2.24, 2.45) is 4.99 Å². The summed E-state index contributed by atoms with van der Waals surface area (Å²) in [6, 6.07) is 10.3. The van der Waals surface area contributed by atoms with Crippen LogP contribution in [0.1, 0.15) is 18.9 Å². The second-order valence-electron chi connectivity index (χ2n) is 5.35. The SMILES string of the molecule is CCCN1C=C(c2ccccc2)N=C(N2CCOC(I)C2)N1. The molecule has 0 saturated carbocycles. The number of benzene rings is 1. The fourth-order valence-electron chi connectivity index (χ4n) is 2.53. The third-order valence-corrected chi connectivity index (χ3v) is 4.36. The second-order valence-corrected chi connectivity index (χ2v) is 6.74. The van der Waals surface area contributed by atoms with E-state index in [1.54, 1.807) is 0 Å². The summed E-state index contributed by atoms with van der Waals surface area (Å²) in [7, 11) is 0. The van der Waals surface area contributed by atoms with Gasteiger partial charge in [0.05, 0.1) is 18.8 Å². The quantitative estimate of drug-likeness (QED) is 0.613. The molecule has 6 heteroatoms. The van der Waals surface area contributed by atoms with Crippen LogP contribution in [0, 0.1) is 0 Å². The summed E-state index contributed by atoms with van der Waals surface area (Å²) in [4.78, 5) is 7.10. The molecule has 0 aromatic heterocycles. The van der Waals surface area contributed by atoms with Crippen LogP contribution in [0.3, 0.4) is 0 Å². The van der Waals surface area contributed by atoms with Crippen molar-refractivity contribution in [2.75, 3.05) is 26.2 Å². The first-order chi connectivity index (χ1) is 10.8. The molecule has 118 valence electrons. The molecule has 2 aliphatic rings. The highest BCUT2D eigenvalue weighted by Crippen LogP contribution is 2.21. The molecule has 1 saturated heterocycles. The number of hydrazine groups is 1. The summed E-state index contributed by atoms with van der Waals surface area (Å²) >= 11 is 2.33. The Hall–Kier alpha value is -1.28. The van der Waals surface area contributed by atoms with Crippen molar-refractivity contribution in [1.82, 2.24) is 15.3 Å². The van der Waals surface area contributed by atoms with Crippen LogP contribution in [0.2, 0.25) is 0 Å². The van der Waals surface area contributed by atoms with Crippen molar-refractivity contribution in [1.29, 1.82) is 0 Å². The molecule has 22 heavy (non-hydrogen) atoms. The van der Waals surface area contributed by atoms with E-state index in [0.29, 0.717) is 0 Å². The van der Waals surface area contributed by atoms with Crippen LogP contribution in [0.15, 0.2) is 41.5 Å². The molecule has 0 aliphatic carbocycles. The minimum Gasteiger partial charge on any atom is -0.364 e. The van der Waals surface area contributed by atoms with Crippen molar-refractivity contribution in [3.8, 4) is 0 Å². The first-order valence-electron chi connectivity index (χ1n) is 7.66. The van der Waals surface area contributed by atoms with Gasteiger partial charge in [0, 0.05) is 24.9 Å². The largest absolute Gasteiger partial charge is 0.364 e. The number of hydrogen-bond acceptors (Lipinski definition) is 5. The summed E-state index contributed by atoms with van der Waals surface area (Å²) in [6.45, 7) is 5.60. The minimum absolute atomic E-state index is 0.210. The molecule has 1 fully saturated rings. The number of morpholine rings is 1. The predicted molar refractivity (Wildman–Crippen MR) is 97.3 cm³/mol. The van der Waals surface area contributed by atoms with Crippen molar-refractivity contribution >= 4 is 34.2 Å². The maximum Gasteiger partial charge on any atom is 0.218 e. The molecule has 2 heterocycles. The van der Waals surface area contributed by atoms with Crippen molar-refractivity contribution in [2.45, 2.75) is 17.5 Å². The Morgan fingerprint density at radius 3 is 2.91 bits per heavy atom. The number of nitrogens with zero attached hydrogens (tertiary/aromatic N) is 3. The van der Waals surface area contributed by atoms with Gasteiger partial charge >= 0.3 is 0 Å². The summed E-state index contributed by atoms with van der Waals surface area (Å²) in [5, 5.41) is 2.13. The zero-order valence-electron chi connectivity index (χ0n) is 12.7. The van der Waals surface area contributed by atoms with E-state index < -0.39 is 0 Å². The second kappa shape index (κ2) is 7.32. The van der Waals surface area contributed by atoms with Gasteiger partial charge in [0.1, 0.15) is 4.11 Å². The highest BCUT2D eigenvalue weighted by atomic mass is 127. The Balaban J connectivity index is 1.86. The summed E-state index contributed by atoms with van der Waals surface area (Å²) in [5.74, 6) is 0.916. The monoisotopic (exact) mass is 412 g/mol. The van der Waals surface area contributed by atoms with E-state index in [1.165, 1.54) is 0 Å². The molecule has 0 amide bonds. The molecule has 5 nitrogen and oxygen atoms in total. The molecular weight excluding hydrogens is 391 g/mol. The van der Waals surface area contributed by atoms with Gasteiger partial charge in [-0.25, -0.2) is 4.99 Å². The molecule has 3 rings (SSSR count). The highest BCUT2D eigenvalue weighted by molar-refractivity contribution is 14.1. The number of nitrogens with one attached hydrogen (secondary N) is 1. The normalized spacial score (nSPS) is 22.0. The molecule has 1 unspecified atom stereocenters. The molecule has 0 bridgehead atoms. The van der Waals surface area contributed by atoms with E-state index in [4.69, 9.17) is 9.73 Å². The zero-order chi connectivity index (χ0) is 15.4. The van der Waals surface area contributed by atoms with E-state index in [9.17, 15) is 0 Å². The standard InChI is InChI=1S/C16H21IN4O/c1-2-8-21-11-14(13-6-4-3-5-7-13)18-16(19-21)20-9-10-22-15(17)12-20/h3-7,11,15H,2,8-10,12H2,1H3,(H,18,19). The van der Waals surface area contributed by atoms with Gasteiger partial charge in [0.2, 0.25) is 5.96 Å². The Bertz CT molecular complexity index is 561. The number of hydrogen-bond donors (Lipinski definition) is 1. The maximum atomic E-state index is 5.62. The van der Waals surface area contributed by atoms with Gasteiger partial charge < -0.3 is 9.64 Å². The van der Waals surface area contributed by atoms with Crippen LogP contribution in [0.25, 0.3) is 5.70 Å². The van der Waals surface area contributed by atoms with E-state index >= 15 is 0 Å². The summed E-state index contributed by atoms with van der Waals surface area (Å²) < 4.78 is 5.83. The number of aliphatic imine (C=N–C) groups is 1. The van der Waals surface area contributed by atoms with Gasteiger partial charge in [0.25, 0.3) is 0 Å². The van der Waals surface area contributed by atoms with Crippen molar-refractivity contribution < 1.29 is 4.74 Å². The van der Waals surface area contributed by atoms with Gasteiger partial charge in [-0.1, -0.05) is 37.3 Å². The van der Waals surface area contributed by atoms with Crippen LogP contribution in [0.5, 0.6) is 0 Å². The molecule has 1 aromatic carbocycles. The highest BCUT2D eigenvalue weighted by Gasteiger charge is 2.24. The zero-order valence-corrected chi connectivity index (χ0v) is 14.9. The molecule has 0 spiro atoms. The average molecular weight is 412 g/mol. The topological polar surface area (TPSA) is 40.1 Å². The lowest BCUT2D eigenvalue weighted by Crippen LogP contribution is -2.54. The Labute approximate surface area is 145 Å². The van der Waals surface area contributed by atoms with E-state index in [1.807, 2.05) is 18.2 Å².